The van der Waals surface area contributed by atoms with Gasteiger partial charge in [-0.25, -0.2) is 4.98 Å². The van der Waals surface area contributed by atoms with Crippen LogP contribution < -0.4 is 10.6 Å². The van der Waals surface area contributed by atoms with E-state index in [0.717, 1.165) is 6.54 Å². The van der Waals surface area contributed by atoms with Gasteiger partial charge in [0.1, 0.15) is 5.82 Å². The summed E-state index contributed by atoms with van der Waals surface area (Å²) in [4.78, 5) is 29.4. The Morgan fingerprint density at radius 2 is 2.35 bits per heavy atom. The molecule has 2 amide bonds. The quantitative estimate of drug-likeness (QED) is 0.855. The Kier molecular flexibility index (Phi) is 4.55. The fourth-order valence-corrected chi connectivity index (χ4v) is 2.25. The Hall–Kier alpha value is -2.11. The molecule has 108 valence electrons. The van der Waals surface area contributed by atoms with Crippen LogP contribution >= 0.6 is 0 Å². The molecule has 2 heterocycles. The number of amides is 2. The third-order valence-corrected chi connectivity index (χ3v) is 3.34. The predicted molar refractivity (Wildman–Crippen MR) is 76.5 cm³/mol. The Bertz CT molecular complexity index is 504. The van der Waals surface area contributed by atoms with Gasteiger partial charge in [0.25, 0.3) is 5.91 Å². The van der Waals surface area contributed by atoms with Crippen LogP contribution in [0.4, 0.5) is 5.82 Å². The summed E-state index contributed by atoms with van der Waals surface area (Å²) >= 11 is 0. The van der Waals surface area contributed by atoms with Crippen LogP contribution in [0.15, 0.2) is 18.3 Å². The molecule has 6 heteroatoms. The van der Waals surface area contributed by atoms with Gasteiger partial charge in [0.05, 0.1) is 0 Å². The first-order chi connectivity index (χ1) is 9.60. The van der Waals surface area contributed by atoms with E-state index in [1.807, 2.05) is 6.92 Å². The van der Waals surface area contributed by atoms with Crippen LogP contribution in [-0.4, -0.2) is 47.9 Å². The van der Waals surface area contributed by atoms with Gasteiger partial charge in [-0.2, -0.15) is 0 Å². The minimum Gasteiger partial charge on any atom is -0.370 e. The number of piperidine rings is 1. The molecule has 0 aliphatic carbocycles. The molecule has 0 bridgehead atoms. The molecule has 0 spiro atoms. The summed E-state index contributed by atoms with van der Waals surface area (Å²) in [6.07, 6.45) is 2.80. The van der Waals surface area contributed by atoms with Crippen molar-refractivity contribution in [2.75, 3.05) is 25.5 Å². The standard InChI is InChI=1S/C14H20N4O2/c1-3-15-12-8-10(6-7-16-12)14(20)17-11-4-5-13(19)18(2)9-11/h6-8,11H,3-5,9H2,1-2H3,(H,15,16)(H,17,20). The van der Waals surface area contributed by atoms with E-state index in [9.17, 15) is 9.59 Å². The van der Waals surface area contributed by atoms with Gasteiger partial charge in [0, 0.05) is 44.4 Å². The maximum absolute atomic E-state index is 12.2. The summed E-state index contributed by atoms with van der Waals surface area (Å²) in [5, 5.41) is 6.04. The van der Waals surface area contributed by atoms with Gasteiger partial charge in [0.15, 0.2) is 0 Å². The molecule has 1 atom stereocenters. The van der Waals surface area contributed by atoms with E-state index in [4.69, 9.17) is 0 Å². The molecule has 0 aromatic carbocycles. The molecule has 1 aromatic rings. The molecule has 1 saturated heterocycles. The van der Waals surface area contributed by atoms with Crippen molar-refractivity contribution in [3.8, 4) is 0 Å². The number of pyridine rings is 1. The number of hydrogen-bond donors (Lipinski definition) is 2. The summed E-state index contributed by atoms with van der Waals surface area (Å²) in [5.41, 5.74) is 0.579. The van der Waals surface area contributed by atoms with Gasteiger partial charge >= 0.3 is 0 Å². The molecule has 20 heavy (non-hydrogen) atoms. The fraction of sp³-hybridized carbons (Fsp3) is 0.500. The summed E-state index contributed by atoms with van der Waals surface area (Å²) < 4.78 is 0. The van der Waals surface area contributed by atoms with Crippen molar-refractivity contribution in [1.82, 2.24) is 15.2 Å². The molecule has 1 aliphatic heterocycles. The Morgan fingerprint density at radius 1 is 1.55 bits per heavy atom. The van der Waals surface area contributed by atoms with Crippen molar-refractivity contribution in [2.45, 2.75) is 25.8 Å². The Morgan fingerprint density at radius 3 is 3.05 bits per heavy atom. The van der Waals surface area contributed by atoms with Crippen molar-refractivity contribution >= 4 is 17.6 Å². The van der Waals surface area contributed by atoms with Gasteiger partial charge in [0.2, 0.25) is 5.91 Å². The number of nitrogens with one attached hydrogen (secondary N) is 2. The van der Waals surface area contributed by atoms with Crippen LogP contribution in [0.1, 0.15) is 30.1 Å². The van der Waals surface area contributed by atoms with Gasteiger partial charge in [-0.1, -0.05) is 0 Å². The van der Waals surface area contributed by atoms with Gasteiger partial charge in [-0.05, 0) is 25.5 Å². The largest absolute Gasteiger partial charge is 0.370 e. The SMILES string of the molecule is CCNc1cc(C(=O)NC2CCC(=O)N(C)C2)ccn1. The summed E-state index contributed by atoms with van der Waals surface area (Å²) in [5.74, 6) is 0.698. The number of likely N-dealkylation sites (N-methyl/N-ethyl adjacent to an activating group) is 1. The zero-order valence-electron chi connectivity index (χ0n) is 11.8. The van der Waals surface area contributed by atoms with Crippen LogP contribution in [-0.2, 0) is 4.79 Å². The molecule has 2 rings (SSSR count). The van der Waals surface area contributed by atoms with E-state index < -0.39 is 0 Å². The molecule has 0 radical (unpaired) electrons. The zero-order valence-corrected chi connectivity index (χ0v) is 11.8. The highest BCUT2D eigenvalue weighted by atomic mass is 16.2. The number of likely N-dealkylation sites (tertiary alicyclic amines) is 1. The molecule has 2 N–H and O–H groups in total. The lowest BCUT2D eigenvalue weighted by molar-refractivity contribution is -0.132. The maximum atomic E-state index is 12.2. The minimum absolute atomic E-state index is 0.0148. The first kappa shape index (κ1) is 14.3. The van der Waals surface area contributed by atoms with Crippen molar-refractivity contribution in [1.29, 1.82) is 0 Å². The lowest BCUT2D eigenvalue weighted by Gasteiger charge is -2.30. The van der Waals surface area contributed by atoms with Crippen LogP contribution in [0.5, 0.6) is 0 Å². The normalized spacial score (nSPS) is 18.8. The first-order valence-corrected chi connectivity index (χ1v) is 6.85. The third kappa shape index (κ3) is 3.46. The minimum atomic E-state index is -0.126. The predicted octanol–water partition coefficient (Wildman–Crippen LogP) is 0.864. The summed E-state index contributed by atoms with van der Waals surface area (Å²) in [6, 6.07) is 3.44. The molecule has 1 aromatic heterocycles. The molecule has 1 unspecified atom stereocenters. The summed E-state index contributed by atoms with van der Waals surface area (Å²) in [7, 11) is 1.76. The number of rotatable bonds is 4. The van der Waals surface area contributed by atoms with E-state index in [1.165, 1.54) is 0 Å². The number of aromatic nitrogens is 1. The Labute approximate surface area is 118 Å². The second kappa shape index (κ2) is 6.36. The van der Waals surface area contributed by atoms with E-state index in [-0.39, 0.29) is 17.9 Å². The van der Waals surface area contributed by atoms with Gasteiger partial charge in [-0.15, -0.1) is 0 Å². The highest BCUT2D eigenvalue weighted by Gasteiger charge is 2.24. The number of carbonyl (C=O) groups is 2. The zero-order chi connectivity index (χ0) is 14.5. The second-order valence-electron chi connectivity index (χ2n) is 4.94. The lowest BCUT2D eigenvalue weighted by atomic mass is 10.1. The van der Waals surface area contributed by atoms with E-state index in [2.05, 4.69) is 15.6 Å². The molecule has 0 saturated carbocycles. The van der Waals surface area contributed by atoms with Crippen molar-refractivity contribution < 1.29 is 9.59 Å². The molecule has 1 fully saturated rings. The van der Waals surface area contributed by atoms with E-state index >= 15 is 0 Å². The van der Waals surface area contributed by atoms with Crippen LogP contribution in [0, 0.1) is 0 Å². The Balaban J connectivity index is 1.98. The average molecular weight is 276 g/mol. The highest BCUT2D eigenvalue weighted by Crippen LogP contribution is 2.11. The van der Waals surface area contributed by atoms with Crippen LogP contribution in [0.3, 0.4) is 0 Å². The number of nitrogens with zero attached hydrogens (tertiary/aromatic N) is 2. The number of anilines is 1. The van der Waals surface area contributed by atoms with Gasteiger partial charge in [-0.3, -0.25) is 9.59 Å². The fourth-order valence-electron chi connectivity index (χ4n) is 2.25. The lowest BCUT2D eigenvalue weighted by Crippen LogP contribution is -2.48. The monoisotopic (exact) mass is 276 g/mol. The summed E-state index contributed by atoms with van der Waals surface area (Å²) in [6.45, 7) is 3.30. The maximum Gasteiger partial charge on any atom is 0.251 e. The van der Waals surface area contributed by atoms with Crippen molar-refractivity contribution in [3.63, 3.8) is 0 Å². The number of hydrogen-bond acceptors (Lipinski definition) is 4. The molecule has 1 aliphatic rings. The molecular formula is C14H20N4O2. The van der Waals surface area contributed by atoms with E-state index in [1.54, 1.807) is 30.3 Å². The molecular weight excluding hydrogens is 256 g/mol. The van der Waals surface area contributed by atoms with Crippen LogP contribution in [0.25, 0.3) is 0 Å². The van der Waals surface area contributed by atoms with Gasteiger partial charge < -0.3 is 15.5 Å². The van der Waals surface area contributed by atoms with Crippen LogP contribution in [0.2, 0.25) is 0 Å². The van der Waals surface area contributed by atoms with E-state index in [0.29, 0.717) is 30.8 Å². The first-order valence-electron chi connectivity index (χ1n) is 6.85. The topological polar surface area (TPSA) is 74.3 Å². The van der Waals surface area contributed by atoms with Crippen molar-refractivity contribution in [2.24, 2.45) is 0 Å². The average Bonchev–Trinajstić information content (AvgIpc) is 2.43. The highest BCUT2D eigenvalue weighted by molar-refractivity contribution is 5.95. The van der Waals surface area contributed by atoms with Crippen molar-refractivity contribution in [3.05, 3.63) is 23.9 Å². The third-order valence-electron chi connectivity index (χ3n) is 3.34. The number of carbonyl (C=O) groups excluding carboxylic acids is 2. The smallest absolute Gasteiger partial charge is 0.251 e. The second-order valence-corrected chi connectivity index (χ2v) is 4.94. The molecule has 6 nitrogen and oxygen atoms in total.